The Kier molecular flexibility index (Phi) is 2.27. The second-order valence-electron chi connectivity index (χ2n) is 2.63. The molecular weight excluding hydrogens is 132 g/mol. The Hall–Kier alpha value is -0.570. The van der Waals surface area contributed by atoms with Crippen molar-refractivity contribution in [3.05, 3.63) is 0 Å². The van der Waals surface area contributed by atoms with E-state index >= 15 is 0 Å². The molecule has 10 heavy (non-hydrogen) atoms. The lowest BCUT2D eigenvalue weighted by Gasteiger charge is -2.10. The monoisotopic (exact) mass is 144 g/mol. The van der Waals surface area contributed by atoms with Gasteiger partial charge in [-0.2, -0.15) is 0 Å². The third-order valence-electron chi connectivity index (χ3n) is 1.98. The van der Waals surface area contributed by atoms with Crippen molar-refractivity contribution in [2.24, 2.45) is 5.92 Å². The van der Waals surface area contributed by atoms with E-state index in [9.17, 15) is 9.90 Å². The molecule has 3 nitrogen and oxygen atoms in total. The number of hydrogen-bond acceptors (Lipinski definition) is 3. The van der Waals surface area contributed by atoms with Crippen LogP contribution in [0.4, 0.5) is 0 Å². The molecule has 0 spiro atoms. The topological polar surface area (TPSA) is 46.5 Å². The van der Waals surface area contributed by atoms with Gasteiger partial charge in [-0.05, 0) is 19.3 Å². The SMILES string of the molecule is COC(=O)C1CCCC1O. The lowest BCUT2D eigenvalue weighted by atomic mass is 10.1. The number of carbonyl (C=O) groups is 1. The molecule has 0 heterocycles. The van der Waals surface area contributed by atoms with Crippen LogP contribution in [0.1, 0.15) is 19.3 Å². The van der Waals surface area contributed by atoms with E-state index < -0.39 is 6.10 Å². The van der Waals surface area contributed by atoms with Crippen LogP contribution < -0.4 is 0 Å². The molecule has 1 aliphatic rings. The van der Waals surface area contributed by atoms with E-state index in [4.69, 9.17) is 0 Å². The Morgan fingerprint density at radius 3 is 2.70 bits per heavy atom. The summed E-state index contributed by atoms with van der Waals surface area (Å²) >= 11 is 0. The van der Waals surface area contributed by atoms with Crippen molar-refractivity contribution in [1.82, 2.24) is 0 Å². The van der Waals surface area contributed by atoms with Crippen LogP contribution in [0.15, 0.2) is 0 Å². The summed E-state index contributed by atoms with van der Waals surface area (Å²) < 4.78 is 4.51. The number of ether oxygens (including phenoxy) is 1. The van der Waals surface area contributed by atoms with E-state index in [2.05, 4.69) is 4.74 Å². The van der Waals surface area contributed by atoms with Crippen LogP contribution >= 0.6 is 0 Å². The number of carbonyl (C=O) groups excluding carboxylic acids is 1. The molecule has 1 saturated carbocycles. The zero-order valence-electron chi connectivity index (χ0n) is 6.04. The number of methoxy groups -OCH3 is 1. The molecule has 0 saturated heterocycles. The quantitative estimate of drug-likeness (QED) is 0.539. The first-order valence-corrected chi connectivity index (χ1v) is 3.51. The second-order valence-corrected chi connectivity index (χ2v) is 2.63. The fraction of sp³-hybridized carbons (Fsp3) is 0.857. The molecule has 0 aromatic heterocycles. The molecule has 0 bridgehead atoms. The average molecular weight is 144 g/mol. The fourth-order valence-electron chi connectivity index (χ4n) is 1.37. The minimum atomic E-state index is -0.465. The van der Waals surface area contributed by atoms with Gasteiger partial charge in [0.05, 0.1) is 19.1 Å². The minimum absolute atomic E-state index is 0.259. The molecule has 0 aromatic carbocycles. The normalized spacial score (nSPS) is 32.2. The van der Waals surface area contributed by atoms with Gasteiger partial charge >= 0.3 is 5.97 Å². The van der Waals surface area contributed by atoms with E-state index in [1.54, 1.807) is 0 Å². The highest BCUT2D eigenvalue weighted by molar-refractivity contribution is 5.73. The molecule has 0 aliphatic heterocycles. The Bertz CT molecular complexity index is 133. The average Bonchev–Trinajstić information content (AvgIpc) is 2.34. The van der Waals surface area contributed by atoms with Crippen molar-refractivity contribution in [1.29, 1.82) is 0 Å². The summed E-state index contributed by atoms with van der Waals surface area (Å²) in [5.41, 5.74) is 0. The lowest BCUT2D eigenvalue weighted by molar-refractivity contribution is -0.148. The number of rotatable bonds is 1. The third-order valence-corrected chi connectivity index (χ3v) is 1.98. The summed E-state index contributed by atoms with van der Waals surface area (Å²) in [5, 5.41) is 9.19. The first-order valence-electron chi connectivity index (χ1n) is 3.51. The van der Waals surface area contributed by atoms with Crippen LogP contribution in [0, 0.1) is 5.92 Å². The predicted molar refractivity (Wildman–Crippen MR) is 35.4 cm³/mol. The molecule has 1 N–H and O–H groups in total. The number of esters is 1. The maximum atomic E-state index is 10.8. The van der Waals surface area contributed by atoms with Gasteiger partial charge in [0, 0.05) is 0 Å². The molecule has 1 fully saturated rings. The summed E-state index contributed by atoms with van der Waals surface area (Å²) in [6.07, 6.45) is 1.97. The predicted octanol–water partition coefficient (Wildman–Crippen LogP) is 0.320. The summed E-state index contributed by atoms with van der Waals surface area (Å²) in [5.74, 6) is -0.532. The van der Waals surface area contributed by atoms with Crippen molar-refractivity contribution in [2.75, 3.05) is 7.11 Å². The van der Waals surface area contributed by atoms with Gasteiger partial charge in [-0.3, -0.25) is 4.79 Å². The Labute approximate surface area is 60.0 Å². The van der Waals surface area contributed by atoms with Crippen LogP contribution in [0.2, 0.25) is 0 Å². The molecule has 0 radical (unpaired) electrons. The summed E-state index contributed by atoms with van der Waals surface area (Å²) in [6.45, 7) is 0. The molecule has 2 atom stereocenters. The molecular formula is C7H12O3. The highest BCUT2D eigenvalue weighted by Crippen LogP contribution is 2.26. The van der Waals surface area contributed by atoms with E-state index in [-0.39, 0.29) is 11.9 Å². The van der Waals surface area contributed by atoms with Gasteiger partial charge in [-0.25, -0.2) is 0 Å². The highest BCUT2D eigenvalue weighted by atomic mass is 16.5. The molecule has 0 amide bonds. The largest absolute Gasteiger partial charge is 0.469 e. The van der Waals surface area contributed by atoms with Gasteiger partial charge in [0.1, 0.15) is 0 Å². The standard InChI is InChI=1S/C7H12O3/c1-10-7(9)5-3-2-4-6(5)8/h5-6,8H,2-4H2,1H3. The van der Waals surface area contributed by atoms with E-state index in [1.807, 2.05) is 0 Å². The van der Waals surface area contributed by atoms with Crippen LogP contribution in [-0.2, 0) is 9.53 Å². The molecule has 0 aromatic rings. The first kappa shape index (κ1) is 7.54. The zero-order chi connectivity index (χ0) is 7.56. The van der Waals surface area contributed by atoms with Gasteiger partial charge in [-0.15, -0.1) is 0 Å². The summed E-state index contributed by atoms with van der Waals surface area (Å²) in [7, 11) is 1.35. The maximum absolute atomic E-state index is 10.8. The molecule has 2 unspecified atom stereocenters. The summed E-state index contributed by atoms with van der Waals surface area (Å²) in [4.78, 5) is 10.8. The highest BCUT2D eigenvalue weighted by Gasteiger charge is 2.31. The van der Waals surface area contributed by atoms with Crippen LogP contribution in [0.3, 0.4) is 0 Å². The van der Waals surface area contributed by atoms with Gasteiger partial charge in [0.2, 0.25) is 0 Å². The van der Waals surface area contributed by atoms with Gasteiger partial charge < -0.3 is 9.84 Å². The van der Waals surface area contributed by atoms with E-state index in [1.165, 1.54) is 7.11 Å². The zero-order valence-corrected chi connectivity index (χ0v) is 6.04. The lowest BCUT2D eigenvalue weighted by Crippen LogP contribution is -2.23. The van der Waals surface area contributed by atoms with Crippen molar-refractivity contribution < 1.29 is 14.6 Å². The number of hydrogen-bond donors (Lipinski definition) is 1. The Morgan fingerprint density at radius 2 is 2.30 bits per heavy atom. The Balaban J connectivity index is 2.46. The first-order chi connectivity index (χ1) is 4.75. The third kappa shape index (κ3) is 1.29. The fourth-order valence-corrected chi connectivity index (χ4v) is 1.37. The smallest absolute Gasteiger partial charge is 0.311 e. The van der Waals surface area contributed by atoms with Crippen LogP contribution in [0.5, 0.6) is 0 Å². The minimum Gasteiger partial charge on any atom is -0.469 e. The number of aliphatic hydroxyl groups is 1. The summed E-state index contributed by atoms with van der Waals surface area (Å²) in [6, 6.07) is 0. The van der Waals surface area contributed by atoms with Crippen LogP contribution in [-0.4, -0.2) is 24.3 Å². The van der Waals surface area contributed by atoms with Gasteiger partial charge in [0.15, 0.2) is 0 Å². The van der Waals surface area contributed by atoms with Crippen molar-refractivity contribution in [3.8, 4) is 0 Å². The van der Waals surface area contributed by atoms with E-state index in [0.717, 1.165) is 19.3 Å². The molecule has 3 heteroatoms. The van der Waals surface area contributed by atoms with Crippen molar-refractivity contribution >= 4 is 5.97 Å². The molecule has 1 aliphatic carbocycles. The van der Waals surface area contributed by atoms with Crippen molar-refractivity contribution in [2.45, 2.75) is 25.4 Å². The Morgan fingerprint density at radius 1 is 1.60 bits per heavy atom. The maximum Gasteiger partial charge on any atom is 0.311 e. The van der Waals surface area contributed by atoms with Gasteiger partial charge in [-0.1, -0.05) is 0 Å². The van der Waals surface area contributed by atoms with Crippen LogP contribution in [0.25, 0.3) is 0 Å². The molecule has 58 valence electrons. The van der Waals surface area contributed by atoms with E-state index in [0.29, 0.717) is 0 Å². The number of aliphatic hydroxyl groups excluding tert-OH is 1. The molecule has 1 rings (SSSR count). The van der Waals surface area contributed by atoms with Gasteiger partial charge in [0.25, 0.3) is 0 Å². The van der Waals surface area contributed by atoms with Crippen molar-refractivity contribution in [3.63, 3.8) is 0 Å². The second kappa shape index (κ2) is 3.01.